The van der Waals surface area contributed by atoms with Crippen LogP contribution in [-0.4, -0.2) is 59.6 Å². The molecule has 39 heavy (non-hydrogen) atoms. The number of nitrogens with one attached hydrogen (secondary N) is 2. The summed E-state index contributed by atoms with van der Waals surface area (Å²) < 4.78 is 17.3. The van der Waals surface area contributed by atoms with Crippen LogP contribution in [0, 0.1) is 0 Å². The summed E-state index contributed by atoms with van der Waals surface area (Å²) in [4.78, 5) is 31.2. The Morgan fingerprint density at radius 3 is 2.79 bits per heavy atom. The number of primary amides is 1. The molecular formula is C26H28N6O6S. The van der Waals surface area contributed by atoms with E-state index in [4.69, 9.17) is 19.4 Å². The third-order valence-electron chi connectivity index (χ3n) is 6.99. The number of nitrogens with two attached hydrogens (primary N) is 1. The van der Waals surface area contributed by atoms with Gasteiger partial charge in [0.15, 0.2) is 22.9 Å². The van der Waals surface area contributed by atoms with Gasteiger partial charge >= 0.3 is 0 Å². The van der Waals surface area contributed by atoms with Crippen LogP contribution in [0.3, 0.4) is 0 Å². The molecule has 1 saturated heterocycles. The molecule has 5 N–H and O–H groups in total. The van der Waals surface area contributed by atoms with E-state index in [1.807, 2.05) is 0 Å². The maximum atomic E-state index is 12.8. The Morgan fingerprint density at radius 1 is 1.18 bits per heavy atom. The fraction of sp³-hybridized carbons (Fsp3) is 0.385. The molecule has 0 spiro atoms. The van der Waals surface area contributed by atoms with E-state index in [-0.39, 0.29) is 22.7 Å². The SMILES string of the molecule is NC(=O)c1ncc(N[C@@H]2CCCC[C@@H]2O)cc1Nc1cc(-c2coc3c(=O)cc(N4CCOCC4)sc23)on1. The molecule has 0 unspecified atom stereocenters. The Bertz CT molecular complexity index is 1560. The summed E-state index contributed by atoms with van der Waals surface area (Å²) in [5.41, 5.74) is 7.22. The quantitative estimate of drug-likeness (QED) is 0.265. The van der Waals surface area contributed by atoms with E-state index in [0.29, 0.717) is 59.5 Å². The van der Waals surface area contributed by atoms with Crippen molar-refractivity contribution < 1.29 is 23.6 Å². The summed E-state index contributed by atoms with van der Waals surface area (Å²) in [6, 6.07) is 4.84. The molecule has 12 nitrogen and oxygen atoms in total. The zero-order valence-electron chi connectivity index (χ0n) is 21.0. The second-order valence-corrected chi connectivity index (χ2v) is 10.7. The Labute approximate surface area is 226 Å². The van der Waals surface area contributed by atoms with Crippen LogP contribution in [0.25, 0.3) is 21.6 Å². The van der Waals surface area contributed by atoms with E-state index in [0.717, 1.165) is 30.7 Å². The standard InChI is InChI=1S/C26H28N6O6S/c27-26(35)23-17(9-14(12-28-23)29-16-3-1-2-4-18(16)33)30-21-11-20(38-31-21)15-13-37-24-19(34)10-22(39-25(15)24)32-5-7-36-8-6-32/h9-13,16,18,29,33H,1-8H2,(H2,27,35)(H,30,31)/t16-,18+/m1/s1. The van der Waals surface area contributed by atoms with Gasteiger partial charge in [0.2, 0.25) is 5.43 Å². The molecule has 2 atom stereocenters. The Kier molecular flexibility index (Phi) is 6.94. The van der Waals surface area contributed by atoms with Crippen LogP contribution >= 0.6 is 11.3 Å². The summed E-state index contributed by atoms with van der Waals surface area (Å²) in [5, 5.41) is 21.6. The number of ether oxygens (including phenoxy) is 1. The van der Waals surface area contributed by atoms with Gasteiger partial charge in [-0.05, 0) is 18.9 Å². The lowest BCUT2D eigenvalue weighted by Gasteiger charge is -2.29. The van der Waals surface area contributed by atoms with Crippen molar-refractivity contribution >= 4 is 49.7 Å². The highest BCUT2D eigenvalue weighted by atomic mass is 32.1. The van der Waals surface area contributed by atoms with Gasteiger partial charge < -0.3 is 40.1 Å². The Morgan fingerprint density at radius 2 is 2.00 bits per heavy atom. The first-order valence-corrected chi connectivity index (χ1v) is 13.6. The number of amides is 1. The van der Waals surface area contributed by atoms with Crippen molar-refractivity contribution in [2.75, 3.05) is 41.8 Å². The number of fused-ring (bicyclic) bond motifs is 1. The van der Waals surface area contributed by atoms with E-state index >= 15 is 0 Å². The highest BCUT2D eigenvalue weighted by Gasteiger charge is 2.24. The third kappa shape index (κ3) is 5.20. The number of pyridine rings is 1. The minimum absolute atomic E-state index is 0.0384. The Balaban J connectivity index is 1.28. The summed E-state index contributed by atoms with van der Waals surface area (Å²) >= 11 is 1.44. The van der Waals surface area contributed by atoms with Crippen molar-refractivity contribution in [1.82, 2.24) is 10.1 Å². The zero-order chi connectivity index (χ0) is 26.9. The number of carbonyl (C=O) groups is 1. The number of anilines is 4. The van der Waals surface area contributed by atoms with E-state index in [2.05, 4.69) is 25.7 Å². The smallest absolute Gasteiger partial charge is 0.269 e. The number of hydrogen-bond donors (Lipinski definition) is 4. The molecule has 204 valence electrons. The third-order valence-corrected chi connectivity index (χ3v) is 8.19. The number of morpholine rings is 1. The molecule has 4 aromatic heterocycles. The molecule has 1 amide bonds. The molecule has 1 saturated carbocycles. The second-order valence-electron chi connectivity index (χ2n) is 9.64. The highest BCUT2D eigenvalue weighted by Crippen LogP contribution is 2.37. The first-order valence-electron chi connectivity index (χ1n) is 12.8. The first kappa shape index (κ1) is 25.3. The summed E-state index contributed by atoms with van der Waals surface area (Å²) in [6.07, 6.45) is 6.15. The predicted octanol–water partition coefficient (Wildman–Crippen LogP) is 3.30. The van der Waals surface area contributed by atoms with Crippen molar-refractivity contribution in [3.8, 4) is 11.3 Å². The maximum Gasteiger partial charge on any atom is 0.269 e. The van der Waals surface area contributed by atoms with Crippen LogP contribution in [0.15, 0.2) is 44.4 Å². The monoisotopic (exact) mass is 552 g/mol. The van der Waals surface area contributed by atoms with E-state index in [1.165, 1.54) is 23.8 Å². The van der Waals surface area contributed by atoms with Gasteiger partial charge in [0, 0.05) is 25.2 Å². The Hall–Kier alpha value is -3.94. The molecule has 13 heteroatoms. The van der Waals surface area contributed by atoms with Crippen molar-refractivity contribution in [3.63, 3.8) is 0 Å². The normalized spacial score (nSPS) is 19.8. The molecular weight excluding hydrogens is 524 g/mol. The molecule has 6 rings (SSSR count). The molecule has 0 aromatic carbocycles. The highest BCUT2D eigenvalue weighted by molar-refractivity contribution is 7.22. The second kappa shape index (κ2) is 10.7. The van der Waals surface area contributed by atoms with E-state index < -0.39 is 12.0 Å². The number of aromatic nitrogens is 2. The van der Waals surface area contributed by atoms with Gasteiger partial charge in [-0.2, -0.15) is 0 Å². The van der Waals surface area contributed by atoms with E-state index in [1.54, 1.807) is 18.2 Å². The summed E-state index contributed by atoms with van der Waals surface area (Å²) in [5.74, 6) is 0.00103. The number of carbonyl (C=O) groups excluding carboxylic acids is 1. The largest absolute Gasteiger partial charge is 0.459 e. The topological polar surface area (TPSA) is 169 Å². The number of aliphatic hydroxyl groups is 1. The van der Waals surface area contributed by atoms with Crippen LogP contribution in [0.4, 0.5) is 22.2 Å². The van der Waals surface area contributed by atoms with Gasteiger partial charge in [-0.1, -0.05) is 18.0 Å². The number of hydrogen-bond acceptors (Lipinski definition) is 12. The van der Waals surface area contributed by atoms with Crippen LogP contribution in [0.5, 0.6) is 0 Å². The molecule has 1 aliphatic heterocycles. The molecule has 0 radical (unpaired) electrons. The van der Waals surface area contributed by atoms with Crippen molar-refractivity contribution in [1.29, 1.82) is 0 Å². The lowest BCUT2D eigenvalue weighted by atomic mass is 9.92. The lowest BCUT2D eigenvalue weighted by molar-refractivity contribution is 0.0996. The maximum absolute atomic E-state index is 12.8. The van der Waals surface area contributed by atoms with Crippen LogP contribution < -0.4 is 26.7 Å². The van der Waals surface area contributed by atoms with Gasteiger partial charge in [0.25, 0.3) is 5.91 Å². The molecule has 4 aromatic rings. The van der Waals surface area contributed by atoms with Gasteiger partial charge in [-0.15, -0.1) is 11.3 Å². The zero-order valence-corrected chi connectivity index (χ0v) is 21.8. The van der Waals surface area contributed by atoms with E-state index in [9.17, 15) is 14.7 Å². The summed E-state index contributed by atoms with van der Waals surface area (Å²) in [7, 11) is 0. The van der Waals surface area contributed by atoms with Gasteiger partial charge in [0.05, 0.1) is 58.2 Å². The lowest BCUT2D eigenvalue weighted by Crippen LogP contribution is -2.36. The summed E-state index contributed by atoms with van der Waals surface area (Å²) in [6.45, 7) is 2.62. The number of furan rings is 1. The minimum atomic E-state index is -0.702. The molecule has 1 aliphatic carbocycles. The van der Waals surface area contributed by atoms with Crippen molar-refractivity contribution in [2.45, 2.75) is 37.8 Å². The van der Waals surface area contributed by atoms with Crippen molar-refractivity contribution in [2.24, 2.45) is 5.73 Å². The fourth-order valence-electron chi connectivity index (χ4n) is 4.97. The van der Waals surface area contributed by atoms with Crippen LogP contribution in [0.2, 0.25) is 0 Å². The number of rotatable bonds is 7. The molecule has 0 bridgehead atoms. The molecule has 2 fully saturated rings. The van der Waals surface area contributed by atoms with Gasteiger partial charge in [0.1, 0.15) is 6.26 Å². The fourth-order valence-corrected chi connectivity index (χ4v) is 6.15. The van der Waals surface area contributed by atoms with Crippen LogP contribution in [-0.2, 0) is 4.74 Å². The molecule has 5 heterocycles. The van der Waals surface area contributed by atoms with Crippen molar-refractivity contribution in [3.05, 3.63) is 46.6 Å². The van der Waals surface area contributed by atoms with Crippen LogP contribution in [0.1, 0.15) is 36.2 Å². The number of nitrogens with zero attached hydrogens (tertiary/aromatic N) is 3. The average Bonchev–Trinajstić information content (AvgIpc) is 3.58. The molecule has 2 aliphatic rings. The first-order chi connectivity index (χ1) is 19.0. The minimum Gasteiger partial charge on any atom is -0.459 e. The van der Waals surface area contributed by atoms with Gasteiger partial charge in [-0.25, -0.2) is 4.98 Å². The number of aliphatic hydroxyl groups excluding tert-OH is 1. The average molecular weight is 553 g/mol. The predicted molar refractivity (Wildman–Crippen MR) is 147 cm³/mol. The van der Waals surface area contributed by atoms with Gasteiger partial charge in [-0.3, -0.25) is 9.59 Å².